The molecule has 5 rings (SSSR count). The summed E-state index contributed by atoms with van der Waals surface area (Å²) in [6, 6.07) is 0. The van der Waals surface area contributed by atoms with E-state index in [1.54, 1.807) is 0 Å². The first-order valence-corrected chi connectivity index (χ1v) is 22.2. The van der Waals surface area contributed by atoms with Gasteiger partial charge in [0.2, 0.25) is 0 Å². The molecule has 7 N–H and O–H groups in total. The van der Waals surface area contributed by atoms with Crippen LogP contribution in [-0.2, 0) is 14.7 Å². The second kappa shape index (κ2) is 26.5. The summed E-state index contributed by atoms with van der Waals surface area (Å²) in [5.41, 5.74) is 0. The Kier molecular flexibility index (Phi) is 24.4. The molecule has 308 valence electrons. The first kappa shape index (κ1) is 46.9. The van der Waals surface area contributed by atoms with Crippen molar-refractivity contribution in [2.75, 3.05) is 6.61 Å². The van der Waals surface area contributed by atoms with Gasteiger partial charge in [-0.25, -0.2) is 14.7 Å². The molecule has 0 aromatic heterocycles. The topological polar surface area (TPSA) is 142 Å². The van der Waals surface area contributed by atoms with Crippen LogP contribution in [0.5, 0.6) is 0 Å². The van der Waals surface area contributed by atoms with E-state index in [0.717, 1.165) is 48.5 Å². The minimum absolute atomic E-state index is 0. The first-order valence-electron chi connectivity index (χ1n) is 22.2. The van der Waals surface area contributed by atoms with Gasteiger partial charge in [0.1, 0.15) is 0 Å². The zero-order valence-electron chi connectivity index (χ0n) is 33.4. The molecular formula is C44H90O7. The second-order valence-electron chi connectivity index (χ2n) is 18.2. The van der Waals surface area contributed by atoms with Crippen molar-refractivity contribution in [3.8, 4) is 0 Å². The third kappa shape index (κ3) is 15.4. The average Bonchev–Trinajstić information content (AvgIpc) is 3.15. The quantitative estimate of drug-likeness (QED) is 0.0801. The van der Waals surface area contributed by atoms with E-state index in [4.69, 9.17) is 14.7 Å². The average molecular weight is 731 g/mol. The van der Waals surface area contributed by atoms with E-state index in [2.05, 4.69) is 13.8 Å². The summed E-state index contributed by atoms with van der Waals surface area (Å²) in [6.07, 6.45) is 40.8. The highest BCUT2D eigenvalue weighted by atomic mass is 17.2. The van der Waals surface area contributed by atoms with Gasteiger partial charge in [-0.3, -0.25) is 5.26 Å². The third-order valence-corrected chi connectivity index (χ3v) is 15.1. The number of hydrogen-bond acceptors (Lipinski definition) is 4. The van der Waals surface area contributed by atoms with Gasteiger partial charge in [-0.1, -0.05) is 110 Å². The maximum absolute atomic E-state index is 10.2. The van der Waals surface area contributed by atoms with Crippen molar-refractivity contribution >= 4 is 0 Å². The van der Waals surface area contributed by atoms with Crippen molar-refractivity contribution in [2.45, 2.75) is 219 Å². The molecule has 0 radical (unpaired) electrons. The lowest BCUT2D eigenvalue weighted by Gasteiger charge is -2.40. The summed E-state index contributed by atoms with van der Waals surface area (Å²) in [5.74, 6) is 7.43. The fourth-order valence-corrected chi connectivity index (χ4v) is 11.7. The molecule has 2 atom stereocenters. The SMILES string of the molecule is CCCCCC1CCC(C2CCC(COOC(CC(OO)C3CCC(C4CCC(CCCCC)CC4)CC3)C3CCCCC3)CC2)CC1.O.O.O.[HH].[HH]. The minimum atomic E-state index is -0.118. The van der Waals surface area contributed by atoms with Crippen LogP contribution in [0.4, 0.5) is 0 Å². The van der Waals surface area contributed by atoms with Crippen LogP contribution >= 0.6 is 0 Å². The molecule has 0 aromatic carbocycles. The van der Waals surface area contributed by atoms with Crippen molar-refractivity contribution in [3.05, 3.63) is 0 Å². The number of rotatable bonds is 19. The van der Waals surface area contributed by atoms with Crippen LogP contribution < -0.4 is 0 Å². The van der Waals surface area contributed by atoms with Gasteiger partial charge >= 0.3 is 0 Å². The molecule has 5 saturated carbocycles. The van der Waals surface area contributed by atoms with Crippen molar-refractivity contribution < 1.29 is 39.2 Å². The van der Waals surface area contributed by atoms with Crippen LogP contribution in [0.25, 0.3) is 0 Å². The molecule has 0 bridgehead atoms. The highest BCUT2D eigenvalue weighted by Gasteiger charge is 2.37. The zero-order chi connectivity index (χ0) is 33.4. The minimum Gasteiger partial charge on any atom is -0.412 e. The highest BCUT2D eigenvalue weighted by molar-refractivity contribution is 4.87. The Bertz CT molecular complexity index is 817. The van der Waals surface area contributed by atoms with Crippen molar-refractivity contribution in [2.24, 2.45) is 53.3 Å². The van der Waals surface area contributed by atoms with Crippen LogP contribution in [-0.4, -0.2) is 40.5 Å². The van der Waals surface area contributed by atoms with Gasteiger partial charge in [0.15, 0.2) is 0 Å². The predicted octanol–water partition coefficient (Wildman–Crippen LogP) is 11.5. The van der Waals surface area contributed by atoms with Crippen LogP contribution in [0.1, 0.15) is 209 Å². The predicted molar refractivity (Wildman–Crippen MR) is 215 cm³/mol. The molecule has 0 heterocycles. The normalized spacial score (nSPS) is 33.2. The van der Waals surface area contributed by atoms with E-state index in [1.165, 1.54) is 186 Å². The van der Waals surface area contributed by atoms with E-state index in [-0.39, 0.29) is 31.5 Å². The molecule has 7 heteroatoms. The molecule has 0 spiro atoms. The molecule has 7 nitrogen and oxygen atoms in total. The fourth-order valence-electron chi connectivity index (χ4n) is 11.7. The Hall–Kier alpha value is -0.280. The lowest BCUT2D eigenvalue weighted by atomic mass is 9.67. The van der Waals surface area contributed by atoms with E-state index in [1.807, 2.05) is 0 Å². The molecular weight excluding hydrogens is 640 g/mol. The number of unbranched alkanes of at least 4 members (excludes halogenated alkanes) is 4. The van der Waals surface area contributed by atoms with E-state index < -0.39 is 0 Å². The summed E-state index contributed by atoms with van der Waals surface area (Å²) < 4.78 is 0. The van der Waals surface area contributed by atoms with E-state index in [9.17, 15) is 5.26 Å². The summed E-state index contributed by atoms with van der Waals surface area (Å²) >= 11 is 0. The maximum atomic E-state index is 10.2. The van der Waals surface area contributed by atoms with Gasteiger partial charge in [0.25, 0.3) is 0 Å². The summed E-state index contributed by atoms with van der Waals surface area (Å²) in [5, 5.41) is 10.2. The lowest BCUT2D eigenvalue weighted by Crippen LogP contribution is -2.37. The Balaban J connectivity index is 0.00000541. The summed E-state index contributed by atoms with van der Waals surface area (Å²) in [7, 11) is 0. The molecule has 5 aliphatic carbocycles. The Labute approximate surface area is 317 Å². The molecule has 5 fully saturated rings. The molecule has 0 saturated heterocycles. The Morgan fingerprint density at radius 2 is 0.902 bits per heavy atom. The third-order valence-electron chi connectivity index (χ3n) is 15.1. The van der Waals surface area contributed by atoms with E-state index in [0.29, 0.717) is 17.8 Å². The molecule has 0 amide bonds. The van der Waals surface area contributed by atoms with Gasteiger partial charge in [-0.05, 0) is 143 Å². The smallest absolute Gasteiger partial charge is 0.0983 e. The highest BCUT2D eigenvalue weighted by Crippen LogP contribution is 2.45. The largest absolute Gasteiger partial charge is 0.412 e. The fraction of sp³-hybridized carbons (Fsp3) is 1.00. The van der Waals surface area contributed by atoms with Crippen molar-refractivity contribution in [1.82, 2.24) is 0 Å². The van der Waals surface area contributed by atoms with Crippen LogP contribution in [0.3, 0.4) is 0 Å². The standard InChI is InChI=1S/C44H80O4.3H2O.2H2/c1-3-5-8-12-34-16-22-37(23-17-34)39-26-20-36(21-27-39)33-46-48-44(41-14-10-7-11-15-41)32-43(47-45)42-30-28-40(29-31-42)38-24-18-35(19-25-38)13-9-6-4-2;;;;;/h34-45H,3-33H2,1-2H3;3*1H2;2*1H. The first-order chi connectivity index (χ1) is 23.7. The lowest BCUT2D eigenvalue weighted by molar-refractivity contribution is -0.357. The molecule has 0 aromatic rings. The zero-order valence-corrected chi connectivity index (χ0v) is 33.4. The van der Waals surface area contributed by atoms with Crippen LogP contribution in [0.2, 0.25) is 0 Å². The second-order valence-corrected chi connectivity index (χ2v) is 18.2. The van der Waals surface area contributed by atoms with Crippen molar-refractivity contribution in [3.63, 3.8) is 0 Å². The maximum Gasteiger partial charge on any atom is 0.0983 e. The molecule has 2 unspecified atom stereocenters. The van der Waals surface area contributed by atoms with Crippen LogP contribution in [0.15, 0.2) is 0 Å². The monoisotopic (exact) mass is 731 g/mol. The van der Waals surface area contributed by atoms with Gasteiger partial charge in [0, 0.05) is 9.27 Å². The van der Waals surface area contributed by atoms with E-state index >= 15 is 0 Å². The summed E-state index contributed by atoms with van der Waals surface area (Å²) in [6.45, 7) is 5.40. The van der Waals surface area contributed by atoms with Gasteiger partial charge in [-0.2, -0.15) is 0 Å². The molecule has 5 aliphatic rings. The van der Waals surface area contributed by atoms with Crippen LogP contribution in [0, 0.1) is 53.3 Å². The Morgan fingerprint density at radius 3 is 1.33 bits per heavy atom. The van der Waals surface area contributed by atoms with Gasteiger partial charge < -0.3 is 16.4 Å². The summed E-state index contributed by atoms with van der Waals surface area (Å²) in [4.78, 5) is 17.8. The van der Waals surface area contributed by atoms with Gasteiger partial charge in [-0.15, -0.1) is 0 Å². The molecule has 0 aliphatic heterocycles. The van der Waals surface area contributed by atoms with Gasteiger partial charge in [0.05, 0.1) is 18.8 Å². The number of hydrogen-bond donors (Lipinski definition) is 1. The Morgan fingerprint density at radius 1 is 0.490 bits per heavy atom. The van der Waals surface area contributed by atoms with Crippen molar-refractivity contribution in [1.29, 1.82) is 0 Å². The molecule has 51 heavy (non-hydrogen) atoms.